The molecule has 2 aliphatic heterocycles. The lowest BCUT2D eigenvalue weighted by atomic mass is 9.86. The zero-order chi connectivity index (χ0) is 20.2. The number of aromatic amines is 1. The maximum absolute atomic E-state index is 13.7. The smallest absolute Gasteiger partial charge is 0.246 e. The monoisotopic (exact) mass is 399 g/mol. The van der Waals surface area contributed by atoms with Crippen molar-refractivity contribution in [3.05, 3.63) is 71.4 Å². The van der Waals surface area contributed by atoms with Gasteiger partial charge >= 0.3 is 0 Å². The first-order valence-corrected chi connectivity index (χ1v) is 11.0. The predicted octanol–water partition coefficient (Wildman–Crippen LogP) is 3.80. The van der Waals surface area contributed by atoms with Crippen LogP contribution in [-0.2, 0) is 16.0 Å². The van der Waals surface area contributed by atoms with Crippen LogP contribution in [0.4, 0.5) is 0 Å². The van der Waals surface area contributed by atoms with Crippen LogP contribution in [0.1, 0.15) is 48.5 Å². The second kappa shape index (κ2) is 6.73. The molecule has 0 spiro atoms. The third-order valence-corrected chi connectivity index (χ3v) is 7.17. The lowest BCUT2D eigenvalue weighted by Crippen LogP contribution is -2.64. The van der Waals surface area contributed by atoms with Gasteiger partial charge in [-0.25, -0.2) is 0 Å². The van der Waals surface area contributed by atoms with Gasteiger partial charge in [-0.1, -0.05) is 61.4 Å². The number of rotatable bonds is 2. The molecular weight excluding hydrogens is 374 g/mol. The van der Waals surface area contributed by atoms with Gasteiger partial charge in [-0.3, -0.25) is 9.59 Å². The molecule has 3 aliphatic rings. The lowest BCUT2D eigenvalue weighted by Gasteiger charge is -2.48. The Morgan fingerprint density at radius 2 is 1.63 bits per heavy atom. The summed E-state index contributed by atoms with van der Waals surface area (Å²) in [6.45, 7) is 0.207. The Bertz CT molecular complexity index is 1130. The van der Waals surface area contributed by atoms with Crippen LogP contribution < -0.4 is 0 Å². The number of hydrogen-bond acceptors (Lipinski definition) is 2. The summed E-state index contributed by atoms with van der Waals surface area (Å²) in [5.41, 5.74) is 4.34. The number of aromatic nitrogens is 1. The Morgan fingerprint density at radius 3 is 2.43 bits per heavy atom. The number of nitrogens with one attached hydrogen (secondary N) is 1. The van der Waals surface area contributed by atoms with Gasteiger partial charge in [0.2, 0.25) is 11.8 Å². The molecule has 3 aromatic rings. The Hall–Kier alpha value is -3.08. The first-order chi connectivity index (χ1) is 14.7. The van der Waals surface area contributed by atoms with E-state index in [9.17, 15) is 9.59 Å². The fraction of sp³-hybridized carbons (Fsp3) is 0.360. The molecular formula is C25H25N3O2. The van der Waals surface area contributed by atoms with Crippen molar-refractivity contribution in [2.24, 2.45) is 0 Å². The van der Waals surface area contributed by atoms with Crippen molar-refractivity contribution in [2.45, 2.75) is 50.2 Å². The molecule has 2 atom stereocenters. The maximum Gasteiger partial charge on any atom is 0.246 e. The molecule has 0 radical (unpaired) electrons. The predicted molar refractivity (Wildman–Crippen MR) is 115 cm³/mol. The number of carbonyl (C=O) groups excluding carboxylic acids is 2. The number of nitrogens with zero attached hydrogens (tertiary/aromatic N) is 2. The van der Waals surface area contributed by atoms with Crippen molar-refractivity contribution in [3.63, 3.8) is 0 Å². The molecule has 152 valence electrons. The largest absolute Gasteiger partial charge is 0.356 e. The topological polar surface area (TPSA) is 56.4 Å². The van der Waals surface area contributed by atoms with Crippen LogP contribution in [0.3, 0.4) is 0 Å². The molecule has 2 fully saturated rings. The number of piperazine rings is 1. The summed E-state index contributed by atoms with van der Waals surface area (Å²) in [5, 5.41) is 1.16. The highest BCUT2D eigenvalue weighted by molar-refractivity contribution is 5.97. The zero-order valence-corrected chi connectivity index (χ0v) is 16.9. The Balaban J connectivity index is 1.51. The normalized spacial score (nSPS) is 24.4. The molecule has 1 saturated heterocycles. The van der Waals surface area contributed by atoms with Gasteiger partial charge in [0.25, 0.3) is 0 Å². The average molecular weight is 399 g/mol. The highest BCUT2D eigenvalue weighted by Crippen LogP contribution is 2.43. The van der Waals surface area contributed by atoms with E-state index in [4.69, 9.17) is 0 Å². The molecule has 0 bridgehead atoms. The van der Waals surface area contributed by atoms with E-state index >= 15 is 0 Å². The Labute approximate surface area is 175 Å². The van der Waals surface area contributed by atoms with Crippen LogP contribution in [0, 0.1) is 0 Å². The average Bonchev–Trinajstić information content (AvgIpc) is 3.43. The number of para-hydroxylation sites is 1. The van der Waals surface area contributed by atoms with E-state index in [-0.39, 0.29) is 30.4 Å². The number of H-pyrrole nitrogens is 1. The van der Waals surface area contributed by atoms with Gasteiger partial charge < -0.3 is 14.8 Å². The molecule has 1 aromatic heterocycles. The Morgan fingerprint density at radius 1 is 0.900 bits per heavy atom. The van der Waals surface area contributed by atoms with Crippen LogP contribution in [0.5, 0.6) is 0 Å². The third-order valence-electron chi connectivity index (χ3n) is 7.17. The molecule has 6 rings (SSSR count). The molecule has 30 heavy (non-hydrogen) atoms. The summed E-state index contributed by atoms with van der Waals surface area (Å²) in [7, 11) is 0. The van der Waals surface area contributed by atoms with Crippen LogP contribution in [0.15, 0.2) is 54.6 Å². The SMILES string of the molecule is O=C1[C@H]2Cc3c([nH]c4ccccc34)C(c3ccccc3)N2C(=O)CN1C1CCCC1. The van der Waals surface area contributed by atoms with Gasteiger partial charge in [0.15, 0.2) is 0 Å². The molecule has 1 unspecified atom stereocenters. The quantitative estimate of drug-likeness (QED) is 0.713. The second-order valence-electron chi connectivity index (χ2n) is 8.80. The van der Waals surface area contributed by atoms with Crippen molar-refractivity contribution in [1.82, 2.24) is 14.8 Å². The molecule has 5 nitrogen and oxygen atoms in total. The van der Waals surface area contributed by atoms with Crippen LogP contribution in [0.2, 0.25) is 0 Å². The van der Waals surface area contributed by atoms with Crippen LogP contribution in [-0.4, -0.2) is 45.2 Å². The zero-order valence-electron chi connectivity index (χ0n) is 16.9. The summed E-state index contributed by atoms with van der Waals surface area (Å²) < 4.78 is 0. The molecule has 1 N–H and O–H groups in total. The fourth-order valence-corrected chi connectivity index (χ4v) is 5.79. The second-order valence-corrected chi connectivity index (χ2v) is 8.80. The van der Waals surface area contributed by atoms with Crippen LogP contribution in [0.25, 0.3) is 10.9 Å². The van der Waals surface area contributed by atoms with E-state index in [1.54, 1.807) is 0 Å². The summed E-state index contributed by atoms with van der Waals surface area (Å²) in [4.78, 5) is 34.5. The van der Waals surface area contributed by atoms with Crippen molar-refractivity contribution >= 4 is 22.7 Å². The minimum atomic E-state index is -0.427. The number of amides is 2. The molecule has 2 amide bonds. The van der Waals surface area contributed by atoms with Gasteiger partial charge in [-0.15, -0.1) is 0 Å². The van der Waals surface area contributed by atoms with Gasteiger partial charge in [0.1, 0.15) is 12.6 Å². The molecule has 2 aromatic carbocycles. The highest BCUT2D eigenvalue weighted by atomic mass is 16.2. The van der Waals surface area contributed by atoms with Gasteiger partial charge in [0, 0.05) is 29.1 Å². The number of benzene rings is 2. The minimum absolute atomic E-state index is 0.0599. The minimum Gasteiger partial charge on any atom is -0.356 e. The van der Waals surface area contributed by atoms with E-state index < -0.39 is 6.04 Å². The summed E-state index contributed by atoms with van der Waals surface area (Å²) in [5.74, 6) is 0.183. The van der Waals surface area contributed by atoms with Crippen molar-refractivity contribution in [3.8, 4) is 0 Å². The van der Waals surface area contributed by atoms with Gasteiger partial charge in [-0.2, -0.15) is 0 Å². The van der Waals surface area contributed by atoms with E-state index in [2.05, 4.69) is 29.2 Å². The fourth-order valence-electron chi connectivity index (χ4n) is 5.79. The first-order valence-electron chi connectivity index (χ1n) is 11.0. The van der Waals surface area contributed by atoms with E-state index in [0.717, 1.165) is 47.8 Å². The standard InChI is InChI=1S/C25H25N3O2/c29-22-15-27(17-10-4-5-11-17)25(30)21-14-19-18-12-6-7-13-20(18)26-23(19)24(28(21)22)16-8-2-1-3-9-16/h1-3,6-9,12-13,17,21,24,26H,4-5,10-11,14-15H2/t21-,24?/m1/s1. The summed E-state index contributed by atoms with van der Waals surface area (Å²) in [6.07, 6.45) is 4.92. The lowest BCUT2D eigenvalue weighted by molar-refractivity contribution is -0.160. The molecule has 1 aliphatic carbocycles. The van der Waals surface area contributed by atoms with Crippen molar-refractivity contribution < 1.29 is 9.59 Å². The van der Waals surface area contributed by atoms with E-state index in [1.165, 1.54) is 5.56 Å². The number of hydrogen-bond donors (Lipinski definition) is 1. The van der Waals surface area contributed by atoms with E-state index in [0.29, 0.717) is 6.42 Å². The van der Waals surface area contributed by atoms with Crippen molar-refractivity contribution in [1.29, 1.82) is 0 Å². The number of fused-ring (bicyclic) bond motifs is 4. The first kappa shape index (κ1) is 17.8. The van der Waals surface area contributed by atoms with Crippen molar-refractivity contribution in [2.75, 3.05) is 6.54 Å². The third kappa shape index (κ3) is 2.54. The molecule has 1 saturated carbocycles. The van der Waals surface area contributed by atoms with E-state index in [1.807, 2.05) is 40.1 Å². The van der Waals surface area contributed by atoms with Crippen LogP contribution >= 0.6 is 0 Å². The highest BCUT2D eigenvalue weighted by Gasteiger charge is 2.49. The Kier molecular flexibility index (Phi) is 3.98. The van der Waals surface area contributed by atoms with Gasteiger partial charge in [-0.05, 0) is 30.0 Å². The molecule has 3 heterocycles. The van der Waals surface area contributed by atoms with Gasteiger partial charge in [0.05, 0.1) is 6.04 Å². The summed E-state index contributed by atoms with van der Waals surface area (Å²) >= 11 is 0. The molecule has 5 heteroatoms. The maximum atomic E-state index is 13.7. The number of carbonyl (C=O) groups is 2. The summed E-state index contributed by atoms with van der Waals surface area (Å²) in [6, 6.07) is 17.9.